The summed E-state index contributed by atoms with van der Waals surface area (Å²) in [6.07, 6.45) is 0.175. The standard InChI is InChI=1S/C13H15BrFNO3/c1-8-13(18,4-5-19-8)7-16-12(17)9-2-3-11(15)10(14)6-9/h2-3,6,8,18H,4-5,7H2,1H3,(H,16,17). The lowest BCUT2D eigenvalue weighted by atomic mass is 9.96. The van der Waals surface area contributed by atoms with E-state index in [1.807, 2.05) is 0 Å². The second-order valence-corrected chi connectivity index (χ2v) is 5.53. The highest BCUT2D eigenvalue weighted by Gasteiger charge is 2.39. The van der Waals surface area contributed by atoms with E-state index in [1.165, 1.54) is 18.2 Å². The second-order valence-electron chi connectivity index (χ2n) is 4.68. The van der Waals surface area contributed by atoms with Crippen LogP contribution < -0.4 is 5.32 Å². The lowest BCUT2D eigenvalue weighted by Gasteiger charge is -2.26. The van der Waals surface area contributed by atoms with E-state index in [4.69, 9.17) is 4.74 Å². The van der Waals surface area contributed by atoms with Crippen LogP contribution in [0.25, 0.3) is 0 Å². The number of nitrogens with one attached hydrogen (secondary N) is 1. The monoisotopic (exact) mass is 331 g/mol. The van der Waals surface area contributed by atoms with E-state index in [0.717, 1.165) is 0 Å². The molecule has 0 saturated carbocycles. The van der Waals surface area contributed by atoms with Gasteiger partial charge in [0.2, 0.25) is 0 Å². The summed E-state index contributed by atoms with van der Waals surface area (Å²) in [5.74, 6) is -0.777. The van der Waals surface area contributed by atoms with Gasteiger partial charge in [0.15, 0.2) is 0 Å². The minimum absolute atomic E-state index is 0.113. The van der Waals surface area contributed by atoms with Crippen LogP contribution in [0.2, 0.25) is 0 Å². The largest absolute Gasteiger partial charge is 0.385 e. The van der Waals surface area contributed by atoms with E-state index < -0.39 is 11.4 Å². The van der Waals surface area contributed by atoms with E-state index in [2.05, 4.69) is 21.2 Å². The van der Waals surface area contributed by atoms with Crippen molar-refractivity contribution in [2.45, 2.75) is 25.0 Å². The third-order valence-corrected chi connectivity index (χ3v) is 4.00. The van der Waals surface area contributed by atoms with Crippen molar-refractivity contribution in [3.63, 3.8) is 0 Å². The normalized spacial score (nSPS) is 26.4. The molecule has 6 heteroatoms. The molecule has 1 aromatic rings. The van der Waals surface area contributed by atoms with Gasteiger partial charge >= 0.3 is 0 Å². The highest BCUT2D eigenvalue weighted by atomic mass is 79.9. The van der Waals surface area contributed by atoms with E-state index in [9.17, 15) is 14.3 Å². The van der Waals surface area contributed by atoms with Crippen LogP contribution in [-0.4, -0.2) is 35.9 Å². The fourth-order valence-electron chi connectivity index (χ4n) is 1.98. The van der Waals surface area contributed by atoms with Gasteiger partial charge in [0.05, 0.1) is 10.6 Å². The summed E-state index contributed by atoms with van der Waals surface area (Å²) in [6.45, 7) is 2.37. The summed E-state index contributed by atoms with van der Waals surface area (Å²) >= 11 is 3.03. The van der Waals surface area contributed by atoms with Crippen LogP contribution in [-0.2, 0) is 4.74 Å². The van der Waals surface area contributed by atoms with Crippen molar-refractivity contribution in [3.05, 3.63) is 34.1 Å². The summed E-state index contributed by atoms with van der Waals surface area (Å²) in [5, 5.41) is 12.9. The zero-order valence-electron chi connectivity index (χ0n) is 10.5. The Morgan fingerprint density at radius 2 is 2.42 bits per heavy atom. The third kappa shape index (κ3) is 3.13. The van der Waals surface area contributed by atoms with Crippen molar-refractivity contribution >= 4 is 21.8 Å². The Balaban J connectivity index is 1.99. The molecule has 1 saturated heterocycles. The highest BCUT2D eigenvalue weighted by Crippen LogP contribution is 2.25. The van der Waals surface area contributed by atoms with Crippen LogP contribution in [0.5, 0.6) is 0 Å². The van der Waals surface area contributed by atoms with Gasteiger partial charge in [-0.2, -0.15) is 0 Å². The fraction of sp³-hybridized carbons (Fsp3) is 0.462. The lowest BCUT2D eigenvalue weighted by Crippen LogP contribution is -2.47. The topological polar surface area (TPSA) is 58.6 Å². The summed E-state index contributed by atoms with van der Waals surface area (Å²) in [6, 6.07) is 4.02. The van der Waals surface area contributed by atoms with Crippen LogP contribution >= 0.6 is 15.9 Å². The molecule has 2 atom stereocenters. The number of rotatable bonds is 3. The molecular weight excluding hydrogens is 317 g/mol. The smallest absolute Gasteiger partial charge is 0.251 e. The van der Waals surface area contributed by atoms with Gasteiger partial charge in [0, 0.05) is 25.1 Å². The molecule has 1 aromatic carbocycles. The molecule has 1 aliphatic heterocycles. The van der Waals surface area contributed by atoms with Crippen LogP contribution in [0.1, 0.15) is 23.7 Å². The Hall–Kier alpha value is -0.980. The number of carbonyl (C=O) groups is 1. The number of benzene rings is 1. The van der Waals surface area contributed by atoms with E-state index in [1.54, 1.807) is 6.92 Å². The zero-order chi connectivity index (χ0) is 14.0. The van der Waals surface area contributed by atoms with Crippen LogP contribution in [0.15, 0.2) is 22.7 Å². The van der Waals surface area contributed by atoms with Crippen molar-refractivity contribution in [1.82, 2.24) is 5.32 Å². The van der Waals surface area contributed by atoms with Gasteiger partial charge in [0.25, 0.3) is 5.91 Å². The summed E-state index contributed by atoms with van der Waals surface area (Å²) < 4.78 is 18.6. The number of ether oxygens (including phenoxy) is 1. The quantitative estimate of drug-likeness (QED) is 0.888. The van der Waals surface area contributed by atoms with Crippen LogP contribution in [0.4, 0.5) is 4.39 Å². The molecule has 4 nitrogen and oxygen atoms in total. The van der Waals surface area contributed by atoms with Gasteiger partial charge in [-0.1, -0.05) is 0 Å². The van der Waals surface area contributed by atoms with Gasteiger partial charge in [-0.05, 0) is 41.1 Å². The van der Waals surface area contributed by atoms with Crippen LogP contribution in [0.3, 0.4) is 0 Å². The maximum absolute atomic E-state index is 13.1. The molecule has 2 unspecified atom stereocenters. The van der Waals surface area contributed by atoms with Gasteiger partial charge in [0.1, 0.15) is 11.4 Å². The molecule has 2 rings (SSSR count). The molecular formula is C13H15BrFNO3. The molecule has 0 spiro atoms. The first kappa shape index (κ1) is 14.4. The maximum Gasteiger partial charge on any atom is 0.251 e. The predicted molar refractivity (Wildman–Crippen MR) is 71.4 cm³/mol. The summed E-state index contributed by atoms with van der Waals surface area (Å²) in [4.78, 5) is 11.9. The van der Waals surface area contributed by atoms with Crippen molar-refractivity contribution in [1.29, 1.82) is 0 Å². The maximum atomic E-state index is 13.1. The van der Waals surface area contributed by atoms with E-state index in [-0.39, 0.29) is 23.0 Å². The molecule has 1 aliphatic rings. The lowest BCUT2D eigenvalue weighted by molar-refractivity contribution is -0.0251. The molecule has 0 aromatic heterocycles. The van der Waals surface area contributed by atoms with E-state index in [0.29, 0.717) is 18.6 Å². The Morgan fingerprint density at radius 1 is 1.68 bits per heavy atom. The van der Waals surface area contributed by atoms with Crippen LogP contribution in [0, 0.1) is 5.82 Å². The Labute approximate surface area is 119 Å². The number of aliphatic hydroxyl groups is 1. The molecule has 2 N–H and O–H groups in total. The number of hydrogen-bond acceptors (Lipinski definition) is 3. The van der Waals surface area contributed by atoms with E-state index >= 15 is 0 Å². The third-order valence-electron chi connectivity index (χ3n) is 3.40. The molecule has 0 bridgehead atoms. The molecule has 1 fully saturated rings. The first-order chi connectivity index (χ1) is 8.92. The van der Waals surface area contributed by atoms with Gasteiger partial charge < -0.3 is 15.2 Å². The fourth-order valence-corrected chi connectivity index (χ4v) is 2.35. The number of hydrogen-bond donors (Lipinski definition) is 2. The molecule has 19 heavy (non-hydrogen) atoms. The molecule has 0 aliphatic carbocycles. The van der Waals surface area contributed by atoms with Crippen molar-refractivity contribution in [2.75, 3.05) is 13.2 Å². The van der Waals surface area contributed by atoms with Crippen molar-refractivity contribution in [2.24, 2.45) is 0 Å². The summed E-state index contributed by atoms with van der Waals surface area (Å²) in [5.41, 5.74) is -0.698. The van der Waals surface area contributed by atoms with Gasteiger partial charge in [-0.15, -0.1) is 0 Å². The minimum Gasteiger partial charge on any atom is -0.385 e. The Bertz CT molecular complexity index is 497. The van der Waals surface area contributed by atoms with Crippen molar-refractivity contribution in [3.8, 4) is 0 Å². The average Bonchev–Trinajstić information content (AvgIpc) is 2.71. The van der Waals surface area contributed by atoms with Gasteiger partial charge in [-0.25, -0.2) is 4.39 Å². The second kappa shape index (κ2) is 5.56. The predicted octanol–water partition coefficient (Wildman–Crippen LogP) is 1.86. The zero-order valence-corrected chi connectivity index (χ0v) is 12.0. The molecule has 104 valence electrons. The first-order valence-electron chi connectivity index (χ1n) is 5.99. The number of amides is 1. The molecule has 1 heterocycles. The molecule has 0 radical (unpaired) electrons. The molecule has 1 amide bonds. The Morgan fingerprint density at radius 3 is 3.00 bits per heavy atom. The highest BCUT2D eigenvalue weighted by molar-refractivity contribution is 9.10. The Kier molecular flexibility index (Phi) is 4.23. The average molecular weight is 332 g/mol. The SMILES string of the molecule is CC1OCCC1(O)CNC(=O)c1ccc(F)c(Br)c1. The van der Waals surface area contributed by atoms with Crippen molar-refractivity contribution < 1.29 is 19.0 Å². The minimum atomic E-state index is -1.03. The number of carbonyl (C=O) groups excluding carboxylic acids is 1. The summed E-state index contributed by atoms with van der Waals surface area (Å²) in [7, 11) is 0. The first-order valence-corrected chi connectivity index (χ1v) is 6.79. The van der Waals surface area contributed by atoms with Gasteiger partial charge in [-0.3, -0.25) is 4.79 Å². The number of halogens is 2.